The maximum atomic E-state index is 11.5. The van der Waals surface area contributed by atoms with Crippen molar-refractivity contribution in [2.75, 3.05) is 6.54 Å². The van der Waals surface area contributed by atoms with Crippen LogP contribution < -0.4 is 0 Å². The number of carboxylic acids is 1. The van der Waals surface area contributed by atoms with Crippen LogP contribution in [0.3, 0.4) is 0 Å². The molecule has 0 spiro atoms. The van der Waals surface area contributed by atoms with E-state index in [0.29, 0.717) is 12.3 Å². The van der Waals surface area contributed by atoms with E-state index in [-0.39, 0.29) is 12.5 Å². The molecule has 1 atom stereocenters. The van der Waals surface area contributed by atoms with E-state index in [1.807, 2.05) is 6.92 Å². The number of carbonyl (C=O) groups is 2. The smallest absolute Gasteiger partial charge is 0.325 e. The number of nitrogens with zero attached hydrogens (tertiary/aromatic N) is 1. The minimum absolute atomic E-state index is 0.216. The molecule has 2 aliphatic rings. The maximum absolute atomic E-state index is 11.5. The van der Waals surface area contributed by atoms with Gasteiger partial charge in [0.2, 0.25) is 5.91 Å². The number of rotatable bonds is 3. The normalized spacial score (nSPS) is 31.8. The van der Waals surface area contributed by atoms with Gasteiger partial charge in [0.1, 0.15) is 12.1 Å². The van der Waals surface area contributed by atoms with Crippen LogP contribution in [0.2, 0.25) is 0 Å². The maximum Gasteiger partial charge on any atom is 0.325 e. The number of aliphatic carboxylic acids is 1. The minimum atomic E-state index is -1.04. The average molecular weight is 213 g/mol. The lowest BCUT2D eigenvalue weighted by Gasteiger charge is -2.38. The quantitative estimate of drug-likeness (QED) is 0.752. The Hall–Kier alpha value is -1.10. The molecule has 0 radical (unpaired) electrons. The van der Waals surface area contributed by atoms with Crippen LogP contribution in [-0.2, 0) is 14.4 Å². The van der Waals surface area contributed by atoms with Gasteiger partial charge < -0.3 is 5.11 Å². The monoisotopic (exact) mass is 213 g/mol. The second-order valence-corrected chi connectivity index (χ2v) is 4.53. The van der Waals surface area contributed by atoms with Gasteiger partial charge >= 0.3 is 5.97 Å². The van der Waals surface area contributed by atoms with Gasteiger partial charge in [0.05, 0.1) is 6.42 Å². The van der Waals surface area contributed by atoms with Gasteiger partial charge in [-0.1, -0.05) is 6.42 Å². The van der Waals surface area contributed by atoms with Crippen LogP contribution in [-0.4, -0.2) is 34.2 Å². The molecule has 1 N–H and O–H groups in total. The summed E-state index contributed by atoms with van der Waals surface area (Å²) in [5.41, 5.74) is -0.467. The Morgan fingerprint density at radius 3 is 2.80 bits per heavy atom. The van der Waals surface area contributed by atoms with Crippen molar-refractivity contribution in [1.82, 2.24) is 5.06 Å². The average Bonchev–Trinajstić information content (AvgIpc) is 2.21. The Kier molecular flexibility index (Phi) is 2.42. The number of carbonyl (C=O) groups excluding carboxylic acids is 1. The first-order valence-corrected chi connectivity index (χ1v) is 5.22. The number of carboxylic acid groups (broad SMARTS) is 1. The molecular weight excluding hydrogens is 198 g/mol. The molecule has 5 heteroatoms. The summed E-state index contributed by atoms with van der Waals surface area (Å²) >= 11 is 0. The fourth-order valence-corrected chi connectivity index (χ4v) is 2.20. The Morgan fingerprint density at radius 2 is 2.33 bits per heavy atom. The zero-order valence-electron chi connectivity index (χ0n) is 8.73. The van der Waals surface area contributed by atoms with E-state index in [2.05, 4.69) is 0 Å². The molecule has 84 valence electrons. The lowest BCUT2D eigenvalue weighted by atomic mass is 9.72. The summed E-state index contributed by atoms with van der Waals surface area (Å²) in [5.74, 6) is -0.853. The Bertz CT molecular complexity index is 300. The molecule has 5 nitrogen and oxygen atoms in total. The highest BCUT2D eigenvalue weighted by molar-refractivity contribution is 5.82. The van der Waals surface area contributed by atoms with Crippen LogP contribution in [0, 0.1) is 5.92 Å². The SMILES string of the molecule is CC1(C2CCC2)CC(=O)N(CC(=O)O)O1. The molecular formula is C10H15NO4. The topological polar surface area (TPSA) is 66.8 Å². The first kappa shape index (κ1) is 10.4. The second-order valence-electron chi connectivity index (χ2n) is 4.53. The first-order valence-electron chi connectivity index (χ1n) is 5.22. The van der Waals surface area contributed by atoms with E-state index < -0.39 is 11.6 Å². The van der Waals surface area contributed by atoms with E-state index in [1.54, 1.807) is 0 Å². The Labute approximate surface area is 88.0 Å². The first-order chi connectivity index (χ1) is 7.01. The van der Waals surface area contributed by atoms with E-state index in [0.717, 1.165) is 17.9 Å². The lowest BCUT2D eigenvalue weighted by Crippen LogP contribution is -2.40. The molecule has 0 aromatic carbocycles. The molecule has 2 fully saturated rings. The highest BCUT2D eigenvalue weighted by atomic mass is 16.7. The molecule has 1 aliphatic heterocycles. The zero-order chi connectivity index (χ0) is 11.1. The molecule has 1 unspecified atom stereocenters. The van der Waals surface area contributed by atoms with E-state index in [4.69, 9.17) is 9.94 Å². The molecule has 1 amide bonds. The van der Waals surface area contributed by atoms with Gasteiger partial charge in [0.25, 0.3) is 0 Å². The molecule has 2 rings (SSSR count). The number of amides is 1. The summed E-state index contributed by atoms with van der Waals surface area (Å²) in [4.78, 5) is 27.5. The van der Waals surface area contributed by atoms with E-state index in [1.165, 1.54) is 6.42 Å². The summed E-state index contributed by atoms with van der Waals surface area (Å²) in [6.45, 7) is 1.54. The van der Waals surface area contributed by atoms with Crippen molar-refractivity contribution in [3.63, 3.8) is 0 Å². The highest BCUT2D eigenvalue weighted by Crippen LogP contribution is 2.43. The molecule has 0 bridgehead atoms. The fourth-order valence-electron chi connectivity index (χ4n) is 2.20. The molecule has 15 heavy (non-hydrogen) atoms. The second kappa shape index (κ2) is 3.48. The van der Waals surface area contributed by atoms with Crippen molar-refractivity contribution < 1.29 is 19.5 Å². The molecule has 0 aromatic heterocycles. The third-order valence-corrected chi connectivity index (χ3v) is 3.35. The van der Waals surface area contributed by atoms with E-state index >= 15 is 0 Å². The molecule has 1 saturated heterocycles. The molecule has 1 heterocycles. The van der Waals surface area contributed by atoms with Gasteiger partial charge in [0, 0.05) is 0 Å². The van der Waals surface area contributed by atoms with Crippen LogP contribution in [0.5, 0.6) is 0 Å². The van der Waals surface area contributed by atoms with Crippen LogP contribution >= 0.6 is 0 Å². The van der Waals surface area contributed by atoms with Crippen LogP contribution in [0.4, 0.5) is 0 Å². The van der Waals surface area contributed by atoms with Crippen LogP contribution in [0.15, 0.2) is 0 Å². The van der Waals surface area contributed by atoms with Gasteiger partial charge in [0.15, 0.2) is 0 Å². The van der Waals surface area contributed by atoms with Gasteiger partial charge in [-0.15, -0.1) is 0 Å². The Balaban J connectivity index is 2.01. The van der Waals surface area contributed by atoms with Crippen LogP contribution in [0.1, 0.15) is 32.6 Å². The van der Waals surface area contributed by atoms with Gasteiger partial charge in [-0.2, -0.15) is 0 Å². The van der Waals surface area contributed by atoms with E-state index in [9.17, 15) is 9.59 Å². The van der Waals surface area contributed by atoms with Gasteiger partial charge in [-0.25, -0.2) is 5.06 Å². The predicted molar refractivity (Wildman–Crippen MR) is 50.8 cm³/mol. The van der Waals surface area contributed by atoms with Crippen molar-refractivity contribution in [2.45, 2.75) is 38.2 Å². The van der Waals surface area contributed by atoms with Gasteiger partial charge in [-0.3, -0.25) is 14.4 Å². The standard InChI is InChI=1S/C10H15NO4/c1-10(7-3-2-4-7)5-8(12)11(15-10)6-9(13)14/h7H,2-6H2,1H3,(H,13,14). The van der Waals surface area contributed by atoms with Crippen molar-refractivity contribution in [2.24, 2.45) is 5.92 Å². The third-order valence-electron chi connectivity index (χ3n) is 3.35. The zero-order valence-corrected chi connectivity index (χ0v) is 8.73. The lowest BCUT2D eigenvalue weighted by molar-refractivity contribution is -0.218. The summed E-state index contributed by atoms with van der Waals surface area (Å²) in [5, 5.41) is 9.58. The predicted octanol–water partition coefficient (Wildman–Crippen LogP) is 0.794. The highest BCUT2D eigenvalue weighted by Gasteiger charge is 2.48. The summed E-state index contributed by atoms with van der Waals surface area (Å²) in [6, 6.07) is 0. The summed E-state index contributed by atoms with van der Waals surface area (Å²) in [7, 11) is 0. The number of hydrogen-bond donors (Lipinski definition) is 1. The number of hydrogen-bond acceptors (Lipinski definition) is 3. The number of hydroxylamine groups is 2. The third kappa shape index (κ3) is 1.84. The van der Waals surface area contributed by atoms with Crippen molar-refractivity contribution in [1.29, 1.82) is 0 Å². The van der Waals surface area contributed by atoms with Crippen molar-refractivity contribution >= 4 is 11.9 Å². The molecule has 1 aliphatic carbocycles. The van der Waals surface area contributed by atoms with Crippen molar-refractivity contribution in [3.05, 3.63) is 0 Å². The van der Waals surface area contributed by atoms with Crippen molar-refractivity contribution in [3.8, 4) is 0 Å². The summed E-state index contributed by atoms with van der Waals surface area (Å²) < 4.78 is 0. The molecule has 0 aromatic rings. The summed E-state index contributed by atoms with van der Waals surface area (Å²) in [6.07, 6.45) is 3.64. The van der Waals surface area contributed by atoms with Crippen LogP contribution in [0.25, 0.3) is 0 Å². The van der Waals surface area contributed by atoms with Gasteiger partial charge in [-0.05, 0) is 25.7 Å². The Morgan fingerprint density at radius 1 is 1.67 bits per heavy atom. The molecule has 1 saturated carbocycles. The minimum Gasteiger partial charge on any atom is -0.480 e. The fraction of sp³-hybridized carbons (Fsp3) is 0.800. The largest absolute Gasteiger partial charge is 0.480 e.